The van der Waals surface area contributed by atoms with Crippen LogP contribution in [0.1, 0.15) is 36.7 Å². The molecule has 0 bridgehead atoms. The van der Waals surface area contributed by atoms with Gasteiger partial charge in [-0.1, -0.05) is 48.5 Å². The van der Waals surface area contributed by atoms with E-state index in [0.717, 1.165) is 29.9 Å². The first-order valence-electron chi connectivity index (χ1n) is 10.0. The smallest absolute Gasteiger partial charge is 0.224 e. The number of H-pyrrole nitrogens is 1. The van der Waals surface area contributed by atoms with Gasteiger partial charge in [-0.3, -0.25) is 4.79 Å². The largest absolute Gasteiger partial charge is 0.340 e. The van der Waals surface area contributed by atoms with Crippen molar-refractivity contribution in [2.75, 3.05) is 6.54 Å². The van der Waals surface area contributed by atoms with Crippen molar-refractivity contribution >= 4 is 5.91 Å². The molecule has 29 heavy (non-hydrogen) atoms. The highest BCUT2D eigenvalue weighted by molar-refractivity contribution is 5.77. The van der Waals surface area contributed by atoms with Gasteiger partial charge in [0.15, 0.2) is 0 Å². The standard InChI is InChI=1S/C23H25FN4O/c24-19-10-5-4-9-17(19)13-18(25)14-22(29)28-12-6-11-21(28)23-26-15-20(27-23)16-7-2-1-3-8-16/h1-5,7-10,15,18,21H,6,11-14,25H2,(H,26,27)/t18-,21?/m1/s1. The lowest BCUT2D eigenvalue weighted by molar-refractivity contribution is -0.132. The van der Waals surface area contributed by atoms with Crippen molar-refractivity contribution in [3.05, 3.63) is 78.0 Å². The van der Waals surface area contributed by atoms with Crippen LogP contribution in [-0.4, -0.2) is 33.4 Å². The number of hydrogen-bond acceptors (Lipinski definition) is 3. The molecule has 2 atom stereocenters. The van der Waals surface area contributed by atoms with E-state index >= 15 is 0 Å². The van der Waals surface area contributed by atoms with Gasteiger partial charge in [0.1, 0.15) is 11.6 Å². The molecule has 2 heterocycles. The number of nitrogens with two attached hydrogens (primary N) is 1. The molecule has 0 aliphatic carbocycles. The van der Waals surface area contributed by atoms with Crippen LogP contribution in [0.5, 0.6) is 0 Å². The van der Waals surface area contributed by atoms with Crippen LogP contribution in [0.4, 0.5) is 4.39 Å². The van der Waals surface area contributed by atoms with Gasteiger partial charge in [-0.05, 0) is 36.5 Å². The van der Waals surface area contributed by atoms with E-state index < -0.39 is 6.04 Å². The number of amides is 1. The van der Waals surface area contributed by atoms with Crippen molar-refractivity contribution in [3.8, 4) is 11.3 Å². The van der Waals surface area contributed by atoms with Crippen molar-refractivity contribution < 1.29 is 9.18 Å². The fourth-order valence-corrected chi connectivity index (χ4v) is 3.98. The molecule has 3 aromatic rings. The van der Waals surface area contributed by atoms with Crippen molar-refractivity contribution in [1.29, 1.82) is 0 Å². The summed E-state index contributed by atoms with van der Waals surface area (Å²) in [6.07, 6.45) is 4.15. The predicted octanol–water partition coefficient (Wildman–Crippen LogP) is 3.84. The first-order valence-corrected chi connectivity index (χ1v) is 10.0. The van der Waals surface area contributed by atoms with Crippen molar-refractivity contribution in [2.24, 2.45) is 5.73 Å². The summed E-state index contributed by atoms with van der Waals surface area (Å²) in [5.74, 6) is 0.518. The van der Waals surface area contributed by atoms with Gasteiger partial charge in [0.25, 0.3) is 0 Å². The van der Waals surface area contributed by atoms with E-state index in [1.54, 1.807) is 18.2 Å². The van der Waals surface area contributed by atoms with Crippen molar-refractivity contribution in [3.63, 3.8) is 0 Å². The summed E-state index contributed by atoms with van der Waals surface area (Å²) in [4.78, 5) is 22.7. The fourth-order valence-electron chi connectivity index (χ4n) is 3.98. The molecular weight excluding hydrogens is 367 g/mol. The molecule has 2 aromatic carbocycles. The molecule has 1 saturated heterocycles. The Balaban J connectivity index is 1.42. The number of aromatic amines is 1. The van der Waals surface area contributed by atoms with Crippen molar-refractivity contribution in [2.45, 2.75) is 37.8 Å². The number of halogens is 1. The number of aromatic nitrogens is 2. The van der Waals surface area contributed by atoms with E-state index in [9.17, 15) is 9.18 Å². The van der Waals surface area contributed by atoms with Crippen LogP contribution < -0.4 is 5.73 Å². The second-order valence-corrected chi connectivity index (χ2v) is 7.55. The van der Waals surface area contributed by atoms with Crippen molar-refractivity contribution in [1.82, 2.24) is 14.9 Å². The Morgan fingerprint density at radius 2 is 1.97 bits per heavy atom. The molecule has 4 rings (SSSR count). The predicted molar refractivity (Wildman–Crippen MR) is 110 cm³/mol. The minimum absolute atomic E-state index is 0.00556. The quantitative estimate of drug-likeness (QED) is 0.669. The van der Waals surface area contributed by atoms with E-state index in [-0.39, 0.29) is 24.2 Å². The number of imidazole rings is 1. The zero-order valence-electron chi connectivity index (χ0n) is 16.2. The first-order chi connectivity index (χ1) is 14.1. The molecule has 1 aliphatic heterocycles. The second-order valence-electron chi connectivity index (χ2n) is 7.55. The molecule has 0 spiro atoms. The fraction of sp³-hybridized carbons (Fsp3) is 0.304. The summed E-state index contributed by atoms with van der Waals surface area (Å²) in [7, 11) is 0. The van der Waals surface area contributed by atoms with Gasteiger partial charge >= 0.3 is 0 Å². The molecular formula is C23H25FN4O. The Hall–Kier alpha value is -2.99. The van der Waals surface area contributed by atoms with Gasteiger partial charge in [-0.15, -0.1) is 0 Å². The average molecular weight is 392 g/mol. The zero-order chi connectivity index (χ0) is 20.2. The molecule has 0 saturated carbocycles. The van der Waals surface area contributed by atoms with Crippen LogP contribution in [0.2, 0.25) is 0 Å². The SMILES string of the molecule is N[C@@H](CC(=O)N1CCCC1c1ncc(-c2ccccc2)[nH]1)Cc1ccccc1F. The second kappa shape index (κ2) is 8.57. The van der Waals surface area contributed by atoms with Gasteiger partial charge < -0.3 is 15.6 Å². The minimum Gasteiger partial charge on any atom is -0.340 e. The maximum atomic E-state index is 13.9. The van der Waals surface area contributed by atoms with Gasteiger partial charge in [-0.2, -0.15) is 0 Å². The Morgan fingerprint density at radius 1 is 1.21 bits per heavy atom. The van der Waals surface area contributed by atoms with E-state index in [4.69, 9.17) is 5.73 Å². The number of nitrogens with zero attached hydrogens (tertiary/aromatic N) is 2. The summed E-state index contributed by atoms with van der Waals surface area (Å²) >= 11 is 0. The maximum Gasteiger partial charge on any atom is 0.224 e. The summed E-state index contributed by atoms with van der Waals surface area (Å²) in [5, 5.41) is 0. The number of likely N-dealkylation sites (tertiary alicyclic amines) is 1. The van der Waals surface area contributed by atoms with Crippen LogP contribution in [-0.2, 0) is 11.2 Å². The molecule has 5 nitrogen and oxygen atoms in total. The number of carbonyl (C=O) groups excluding carboxylic acids is 1. The lowest BCUT2D eigenvalue weighted by Gasteiger charge is -2.25. The highest BCUT2D eigenvalue weighted by atomic mass is 19.1. The molecule has 150 valence electrons. The Morgan fingerprint density at radius 3 is 2.76 bits per heavy atom. The molecule has 1 aliphatic rings. The molecule has 1 fully saturated rings. The summed E-state index contributed by atoms with van der Waals surface area (Å²) in [6.45, 7) is 0.692. The van der Waals surface area contributed by atoms with E-state index in [0.29, 0.717) is 18.5 Å². The molecule has 1 amide bonds. The summed E-state index contributed by atoms with van der Waals surface area (Å²) < 4.78 is 13.9. The van der Waals surface area contributed by atoms with Gasteiger partial charge in [0, 0.05) is 19.0 Å². The molecule has 1 unspecified atom stereocenters. The van der Waals surface area contributed by atoms with Gasteiger partial charge in [0.05, 0.1) is 17.9 Å². The summed E-state index contributed by atoms with van der Waals surface area (Å²) in [5.41, 5.74) is 8.72. The topological polar surface area (TPSA) is 75.0 Å². The summed E-state index contributed by atoms with van der Waals surface area (Å²) in [6, 6.07) is 16.1. The van der Waals surface area contributed by atoms with Crippen LogP contribution in [0.3, 0.4) is 0 Å². The molecule has 3 N–H and O–H groups in total. The zero-order valence-corrected chi connectivity index (χ0v) is 16.2. The number of carbonyl (C=O) groups is 1. The first kappa shape index (κ1) is 19.3. The lowest BCUT2D eigenvalue weighted by atomic mass is 10.0. The normalized spacial score (nSPS) is 17.4. The van der Waals surface area contributed by atoms with Gasteiger partial charge in [-0.25, -0.2) is 9.37 Å². The molecule has 6 heteroatoms. The molecule has 0 radical (unpaired) electrons. The maximum absolute atomic E-state index is 13.9. The third kappa shape index (κ3) is 4.38. The van der Waals surface area contributed by atoms with E-state index in [1.165, 1.54) is 6.07 Å². The number of benzene rings is 2. The highest BCUT2D eigenvalue weighted by Crippen LogP contribution is 2.32. The lowest BCUT2D eigenvalue weighted by Crippen LogP contribution is -2.36. The van der Waals surface area contributed by atoms with Crippen LogP contribution >= 0.6 is 0 Å². The monoisotopic (exact) mass is 392 g/mol. The minimum atomic E-state index is -0.419. The van der Waals surface area contributed by atoms with Crippen LogP contribution in [0.15, 0.2) is 60.8 Å². The Labute approximate surface area is 169 Å². The van der Waals surface area contributed by atoms with E-state index in [2.05, 4.69) is 9.97 Å². The van der Waals surface area contributed by atoms with E-state index in [1.807, 2.05) is 41.4 Å². The Kier molecular flexibility index (Phi) is 5.71. The average Bonchev–Trinajstić information content (AvgIpc) is 3.40. The van der Waals surface area contributed by atoms with Gasteiger partial charge in [0.2, 0.25) is 5.91 Å². The number of rotatable bonds is 6. The molecule has 1 aromatic heterocycles. The van der Waals surface area contributed by atoms with Crippen LogP contribution in [0.25, 0.3) is 11.3 Å². The Bertz CT molecular complexity index is 972. The number of hydrogen-bond donors (Lipinski definition) is 2. The third-order valence-electron chi connectivity index (χ3n) is 5.45. The third-order valence-corrected chi connectivity index (χ3v) is 5.45. The highest BCUT2D eigenvalue weighted by Gasteiger charge is 2.32. The number of nitrogens with one attached hydrogen (secondary N) is 1. The van der Waals surface area contributed by atoms with Crippen LogP contribution in [0, 0.1) is 5.82 Å².